The fourth-order valence-electron chi connectivity index (χ4n) is 1.50. The molecule has 1 unspecified atom stereocenters. The minimum absolute atomic E-state index is 0.0645. The molecule has 1 amide bonds. The van der Waals surface area contributed by atoms with Crippen molar-refractivity contribution in [2.75, 3.05) is 5.32 Å². The van der Waals surface area contributed by atoms with Gasteiger partial charge < -0.3 is 11.1 Å². The van der Waals surface area contributed by atoms with Gasteiger partial charge in [-0.3, -0.25) is 9.89 Å². The smallest absolute Gasteiger partial charge is 0.227 e. The van der Waals surface area contributed by atoms with E-state index in [1.807, 2.05) is 13.8 Å². The van der Waals surface area contributed by atoms with Crippen LogP contribution in [0.1, 0.15) is 37.4 Å². The number of aryl methyl sites for hydroxylation is 1. The molecule has 1 rings (SSSR count). The summed E-state index contributed by atoms with van der Waals surface area (Å²) in [6, 6.07) is -0.0645. The average Bonchev–Trinajstić information content (AvgIpc) is 2.50. The van der Waals surface area contributed by atoms with E-state index >= 15 is 0 Å². The lowest BCUT2D eigenvalue weighted by Crippen LogP contribution is -2.27. The zero-order chi connectivity index (χ0) is 12.1. The molecule has 90 valence electrons. The van der Waals surface area contributed by atoms with Gasteiger partial charge in [-0.15, -0.1) is 0 Å². The van der Waals surface area contributed by atoms with Crippen LogP contribution in [0.5, 0.6) is 0 Å². The second-order valence-corrected chi connectivity index (χ2v) is 4.12. The Labute approximate surface area is 95.8 Å². The van der Waals surface area contributed by atoms with Gasteiger partial charge in [-0.2, -0.15) is 5.10 Å². The number of carbonyl (C=O) groups excluding carboxylic acids is 1. The van der Waals surface area contributed by atoms with Crippen LogP contribution in [-0.2, 0) is 4.79 Å². The number of carbonyl (C=O) groups is 1. The second kappa shape index (κ2) is 5.65. The molecule has 0 aromatic carbocycles. The van der Waals surface area contributed by atoms with Crippen LogP contribution in [0.2, 0.25) is 0 Å². The third-order valence-corrected chi connectivity index (χ3v) is 2.62. The Balaban J connectivity index is 2.49. The van der Waals surface area contributed by atoms with E-state index in [0.717, 1.165) is 24.1 Å². The van der Waals surface area contributed by atoms with Crippen molar-refractivity contribution in [3.05, 3.63) is 11.3 Å². The number of hydrogen-bond donors (Lipinski definition) is 3. The van der Waals surface area contributed by atoms with Crippen molar-refractivity contribution in [1.82, 2.24) is 10.2 Å². The Kier molecular flexibility index (Phi) is 4.49. The van der Waals surface area contributed by atoms with Gasteiger partial charge in [-0.05, 0) is 20.3 Å². The molecule has 1 heterocycles. The number of hydrogen-bond acceptors (Lipinski definition) is 3. The summed E-state index contributed by atoms with van der Waals surface area (Å²) in [7, 11) is 0. The molecule has 0 saturated carbocycles. The summed E-state index contributed by atoms with van der Waals surface area (Å²) in [5.41, 5.74) is 7.73. The van der Waals surface area contributed by atoms with Gasteiger partial charge >= 0.3 is 0 Å². The number of nitrogens with zero attached hydrogens (tertiary/aromatic N) is 1. The second-order valence-electron chi connectivity index (χ2n) is 4.12. The van der Waals surface area contributed by atoms with Crippen LogP contribution < -0.4 is 11.1 Å². The maximum absolute atomic E-state index is 11.6. The Morgan fingerprint density at radius 2 is 2.25 bits per heavy atom. The fourth-order valence-corrected chi connectivity index (χ4v) is 1.50. The molecular weight excluding hydrogens is 204 g/mol. The molecule has 1 atom stereocenters. The third-order valence-electron chi connectivity index (χ3n) is 2.62. The van der Waals surface area contributed by atoms with Crippen LogP contribution in [0.3, 0.4) is 0 Å². The summed E-state index contributed by atoms with van der Waals surface area (Å²) in [5, 5.41) is 9.59. The number of aromatic amines is 1. The Morgan fingerprint density at radius 1 is 1.56 bits per heavy atom. The van der Waals surface area contributed by atoms with Crippen LogP contribution in [0.25, 0.3) is 0 Å². The molecule has 4 N–H and O–H groups in total. The lowest BCUT2D eigenvalue weighted by molar-refractivity contribution is -0.116. The molecule has 5 nitrogen and oxygen atoms in total. The molecule has 0 saturated heterocycles. The van der Waals surface area contributed by atoms with Gasteiger partial charge in [0, 0.05) is 23.7 Å². The van der Waals surface area contributed by atoms with E-state index in [9.17, 15) is 4.79 Å². The van der Waals surface area contributed by atoms with E-state index in [1.165, 1.54) is 0 Å². The maximum Gasteiger partial charge on any atom is 0.227 e. The van der Waals surface area contributed by atoms with E-state index in [4.69, 9.17) is 5.73 Å². The van der Waals surface area contributed by atoms with Crippen LogP contribution in [-0.4, -0.2) is 22.1 Å². The molecule has 0 aliphatic rings. The average molecular weight is 224 g/mol. The molecular formula is C11H20N4O. The van der Waals surface area contributed by atoms with Crippen molar-refractivity contribution < 1.29 is 4.79 Å². The lowest BCUT2D eigenvalue weighted by atomic mass is 10.1. The molecule has 0 spiro atoms. The number of H-pyrrole nitrogens is 1. The summed E-state index contributed by atoms with van der Waals surface area (Å²) < 4.78 is 0. The number of rotatable bonds is 5. The van der Waals surface area contributed by atoms with Crippen molar-refractivity contribution in [1.29, 1.82) is 0 Å². The molecule has 0 bridgehead atoms. The predicted octanol–water partition coefficient (Wildman–Crippen LogP) is 1.48. The maximum atomic E-state index is 11.6. The first-order chi connectivity index (χ1) is 7.54. The molecule has 0 aliphatic carbocycles. The molecule has 1 aromatic heterocycles. The number of nitrogens with two attached hydrogens (primary N) is 1. The first kappa shape index (κ1) is 12.7. The summed E-state index contributed by atoms with van der Waals surface area (Å²) in [6.07, 6.45) is 2.21. The van der Waals surface area contributed by atoms with Crippen molar-refractivity contribution in [2.24, 2.45) is 5.73 Å². The van der Waals surface area contributed by atoms with E-state index in [0.29, 0.717) is 12.2 Å². The van der Waals surface area contributed by atoms with Crippen LogP contribution >= 0.6 is 0 Å². The van der Waals surface area contributed by atoms with E-state index < -0.39 is 0 Å². The van der Waals surface area contributed by atoms with Gasteiger partial charge in [0.25, 0.3) is 0 Å². The van der Waals surface area contributed by atoms with Gasteiger partial charge in [0.05, 0.1) is 0 Å². The monoisotopic (exact) mass is 224 g/mol. The quantitative estimate of drug-likeness (QED) is 0.708. The first-order valence-electron chi connectivity index (χ1n) is 5.61. The topological polar surface area (TPSA) is 83.8 Å². The largest absolute Gasteiger partial charge is 0.327 e. The number of aromatic nitrogens is 2. The standard InChI is InChI=1S/C11H20N4O/c1-4-5-9(12)6-10(16)13-11-7(2)8(3)14-15-11/h9H,4-6,12H2,1-3H3,(H2,13,14,15,16). The minimum Gasteiger partial charge on any atom is -0.327 e. The van der Waals surface area contributed by atoms with Crippen molar-refractivity contribution in [3.63, 3.8) is 0 Å². The summed E-state index contributed by atoms with van der Waals surface area (Å²) in [5.74, 6) is 0.529. The molecule has 1 aromatic rings. The predicted molar refractivity (Wildman–Crippen MR) is 64.2 cm³/mol. The fraction of sp³-hybridized carbons (Fsp3) is 0.636. The van der Waals surface area contributed by atoms with E-state index in [2.05, 4.69) is 22.4 Å². The van der Waals surface area contributed by atoms with E-state index in [1.54, 1.807) is 0 Å². The zero-order valence-corrected chi connectivity index (χ0v) is 10.1. The van der Waals surface area contributed by atoms with E-state index in [-0.39, 0.29) is 11.9 Å². The normalized spacial score (nSPS) is 12.5. The highest BCUT2D eigenvalue weighted by molar-refractivity contribution is 5.90. The van der Waals surface area contributed by atoms with Gasteiger partial charge in [-0.25, -0.2) is 0 Å². The molecule has 0 radical (unpaired) electrons. The Bertz CT molecular complexity index is 359. The molecule has 0 aliphatic heterocycles. The highest BCUT2D eigenvalue weighted by Crippen LogP contribution is 2.14. The number of anilines is 1. The van der Waals surface area contributed by atoms with Crippen LogP contribution in [0, 0.1) is 13.8 Å². The lowest BCUT2D eigenvalue weighted by Gasteiger charge is -2.09. The van der Waals surface area contributed by atoms with Gasteiger partial charge in [-0.1, -0.05) is 13.3 Å². The minimum atomic E-state index is -0.0736. The third kappa shape index (κ3) is 3.34. The van der Waals surface area contributed by atoms with Crippen molar-refractivity contribution in [3.8, 4) is 0 Å². The highest BCUT2D eigenvalue weighted by Gasteiger charge is 2.12. The SMILES string of the molecule is CCCC(N)CC(=O)Nc1n[nH]c(C)c1C. The number of amides is 1. The Morgan fingerprint density at radius 3 is 2.75 bits per heavy atom. The zero-order valence-electron chi connectivity index (χ0n) is 10.1. The highest BCUT2D eigenvalue weighted by atomic mass is 16.1. The first-order valence-corrected chi connectivity index (χ1v) is 5.61. The van der Waals surface area contributed by atoms with Crippen LogP contribution in [0.4, 0.5) is 5.82 Å². The van der Waals surface area contributed by atoms with Crippen LogP contribution in [0.15, 0.2) is 0 Å². The summed E-state index contributed by atoms with van der Waals surface area (Å²) >= 11 is 0. The van der Waals surface area contributed by atoms with Gasteiger partial charge in [0.1, 0.15) is 0 Å². The van der Waals surface area contributed by atoms with Gasteiger partial charge in [0.15, 0.2) is 5.82 Å². The number of nitrogens with one attached hydrogen (secondary N) is 2. The summed E-state index contributed by atoms with van der Waals surface area (Å²) in [4.78, 5) is 11.6. The summed E-state index contributed by atoms with van der Waals surface area (Å²) in [6.45, 7) is 5.89. The molecule has 5 heteroatoms. The molecule has 16 heavy (non-hydrogen) atoms. The van der Waals surface area contributed by atoms with Crippen molar-refractivity contribution in [2.45, 2.75) is 46.1 Å². The van der Waals surface area contributed by atoms with Crippen molar-refractivity contribution >= 4 is 11.7 Å². The molecule has 0 fully saturated rings. The van der Waals surface area contributed by atoms with Gasteiger partial charge in [0.2, 0.25) is 5.91 Å². The Hall–Kier alpha value is -1.36.